The molecule has 2 nitrogen and oxygen atoms in total. The van der Waals surface area contributed by atoms with Crippen LogP contribution in [0.5, 0.6) is 0 Å². The van der Waals surface area contributed by atoms with Gasteiger partial charge in [0.05, 0.1) is 0 Å². The van der Waals surface area contributed by atoms with Gasteiger partial charge in [0.1, 0.15) is 0 Å². The summed E-state index contributed by atoms with van der Waals surface area (Å²) in [4.78, 5) is 11.6. The van der Waals surface area contributed by atoms with Crippen molar-refractivity contribution < 1.29 is 13.6 Å². The van der Waals surface area contributed by atoms with E-state index in [9.17, 15) is 13.6 Å². The molecule has 0 aliphatic carbocycles. The lowest BCUT2D eigenvalue weighted by atomic mass is 10.0. The van der Waals surface area contributed by atoms with E-state index in [4.69, 9.17) is 0 Å². The molecule has 88 valence electrons. The highest BCUT2D eigenvalue weighted by molar-refractivity contribution is 5.92. The maximum atomic E-state index is 12.9. The molecule has 0 saturated heterocycles. The Kier molecular flexibility index (Phi) is 4.40. The highest BCUT2D eigenvalue weighted by atomic mass is 19.2. The summed E-state index contributed by atoms with van der Waals surface area (Å²) in [6.07, 6.45) is 1.46. The van der Waals surface area contributed by atoms with E-state index in [1.807, 2.05) is 13.8 Å². The van der Waals surface area contributed by atoms with E-state index in [1.54, 1.807) is 0 Å². The lowest BCUT2D eigenvalue weighted by molar-refractivity contribution is -0.120. The summed E-state index contributed by atoms with van der Waals surface area (Å²) in [7, 11) is 0. The van der Waals surface area contributed by atoms with Crippen molar-refractivity contribution >= 4 is 11.6 Å². The van der Waals surface area contributed by atoms with Crippen molar-refractivity contribution in [3.63, 3.8) is 0 Å². The van der Waals surface area contributed by atoms with Crippen molar-refractivity contribution in [2.24, 2.45) is 5.92 Å². The summed E-state index contributed by atoms with van der Waals surface area (Å²) in [5.41, 5.74) is 0.288. The Bertz CT molecular complexity index is 375. The molecule has 0 atom stereocenters. The summed E-state index contributed by atoms with van der Waals surface area (Å²) in [5.74, 6) is -2.12. The monoisotopic (exact) mass is 227 g/mol. The van der Waals surface area contributed by atoms with Gasteiger partial charge in [0.15, 0.2) is 11.6 Å². The van der Waals surface area contributed by atoms with Crippen LogP contribution in [0.3, 0.4) is 0 Å². The number of rotatable bonds is 4. The Morgan fingerprint density at radius 2 is 1.88 bits per heavy atom. The van der Waals surface area contributed by atoms with Crippen LogP contribution in [0.1, 0.15) is 26.7 Å². The van der Waals surface area contributed by atoms with Crippen LogP contribution in [0.25, 0.3) is 0 Å². The average Bonchev–Trinajstić information content (AvgIpc) is 2.25. The zero-order valence-corrected chi connectivity index (χ0v) is 9.39. The third kappa shape index (κ3) is 3.02. The van der Waals surface area contributed by atoms with Crippen molar-refractivity contribution in [2.75, 3.05) is 5.32 Å². The molecule has 0 unspecified atom stereocenters. The fourth-order valence-corrected chi connectivity index (χ4v) is 1.48. The molecule has 0 aromatic heterocycles. The first-order chi connectivity index (χ1) is 7.58. The summed E-state index contributed by atoms with van der Waals surface area (Å²) < 4.78 is 25.5. The third-order valence-corrected chi connectivity index (χ3v) is 2.54. The summed E-state index contributed by atoms with van der Waals surface area (Å²) in [6.45, 7) is 3.83. The minimum atomic E-state index is -0.956. The minimum absolute atomic E-state index is 0.0897. The van der Waals surface area contributed by atoms with Gasteiger partial charge in [-0.05, 0) is 25.0 Å². The Morgan fingerprint density at radius 3 is 2.38 bits per heavy atom. The molecule has 0 heterocycles. The first-order valence-corrected chi connectivity index (χ1v) is 5.34. The Hall–Kier alpha value is -1.45. The van der Waals surface area contributed by atoms with Crippen molar-refractivity contribution in [3.05, 3.63) is 29.8 Å². The Labute approximate surface area is 93.7 Å². The van der Waals surface area contributed by atoms with E-state index in [-0.39, 0.29) is 17.5 Å². The molecular formula is C12H15F2NO. The van der Waals surface area contributed by atoms with Gasteiger partial charge in [0, 0.05) is 17.7 Å². The molecule has 1 rings (SSSR count). The van der Waals surface area contributed by atoms with Gasteiger partial charge in [0.2, 0.25) is 5.91 Å². The number of amides is 1. The predicted molar refractivity (Wildman–Crippen MR) is 59.1 cm³/mol. The molecule has 0 aliphatic heterocycles. The van der Waals surface area contributed by atoms with Crippen LogP contribution in [0.15, 0.2) is 18.2 Å². The van der Waals surface area contributed by atoms with Crippen LogP contribution < -0.4 is 5.32 Å². The van der Waals surface area contributed by atoms with E-state index >= 15 is 0 Å². The SMILES string of the molecule is CCC(CC)C(=O)Nc1ccc(F)c(F)c1. The molecule has 4 heteroatoms. The quantitative estimate of drug-likeness (QED) is 0.839. The van der Waals surface area contributed by atoms with E-state index in [0.717, 1.165) is 25.0 Å². The van der Waals surface area contributed by atoms with Crippen molar-refractivity contribution in [3.8, 4) is 0 Å². The number of nitrogens with one attached hydrogen (secondary N) is 1. The zero-order valence-electron chi connectivity index (χ0n) is 9.39. The maximum absolute atomic E-state index is 12.9. The molecule has 1 aromatic carbocycles. The normalized spacial score (nSPS) is 10.6. The van der Waals surface area contributed by atoms with Gasteiger partial charge in [-0.2, -0.15) is 0 Å². The molecule has 0 spiro atoms. The first kappa shape index (κ1) is 12.6. The molecule has 0 fully saturated rings. The number of anilines is 1. The lowest BCUT2D eigenvalue weighted by Crippen LogP contribution is -2.21. The zero-order chi connectivity index (χ0) is 12.1. The van der Waals surface area contributed by atoms with Gasteiger partial charge >= 0.3 is 0 Å². The van der Waals surface area contributed by atoms with Crippen LogP contribution >= 0.6 is 0 Å². The fraction of sp³-hybridized carbons (Fsp3) is 0.417. The predicted octanol–water partition coefficient (Wildman–Crippen LogP) is 3.34. The van der Waals surface area contributed by atoms with Crippen LogP contribution in [-0.4, -0.2) is 5.91 Å². The highest BCUT2D eigenvalue weighted by Crippen LogP contribution is 2.16. The summed E-state index contributed by atoms with van der Waals surface area (Å²) >= 11 is 0. The number of benzene rings is 1. The number of hydrogen-bond donors (Lipinski definition) is 1. The third-order valence-electron chi connectivity index (χ3n) is 2.54. The van der Waals surface area contributed by atoms with E-state index < -0.39 is 11.6 Å². The molecule has 0 bridgehead atoms. The lowest BCUT2D eigenvalue weighted by Gasteiger charge is -2.12. The molecular weight excluding hydrogens is 212 g/mol. The standard InChI is InChI=1S/C12H15F2NO/c1-3-8(4-2)12(16)15-9-5-6-10(13)11(14)7-9/h5-8H,3-4H2,1-2H3,(H,15,16). The van der Waals surface area contributed by atoms with E-state index in [0.29, 0.717) is 0 Å². The fourth-order valence-electron chi connectivity index (χ4n) is 1.48. The molecule has 16 heavy (non-hydrogen) atoms. The smallest absolute Gasteiger partial charge is 0.227 e. The first-order valence-electron chi connectivity index (χ1n) is 5.34. The van der Waals surface area contributed by atoms with Gasteiger partial charge in [-0.25, -0.2) is 8.78 Å². The second-order valence-electron chi connectivity index (χ2n) is 3.63. The minimum Gasteiger partial charge on any atom is -0.326 e. The summed E-state index contributed by atoms with van der Waals surface area (Å²) in [5, 5.41) is 2.57. The van der Waals surface area contributed by atoms with Crippen LogP contribution in [0.4, 0.5) is 14.5 Å². The second-order valence-corrected chi connectivity index (χ2v) is 3.63. The topological polar surface area (TPSA) is 29.1 Å². The molecule has 1 N–H and O–H groups in total. The van der Waals surface area contributed by atoms with Crippen LogP contribution in [-0.2, 0) is 4.79 Å². The Balaban J connectivity index is 2.73. The van der Waals surface area contributed by atoms with Crippen LogP contribution in [0, 0.1) is 17.6 Å². The highest BCUT2D eigenvalue weighted by Gasteiger charge is 2.14. The van der Waals surface area contributed by atoms with Gasteiger partial charge in [-0.1, -0.05) is 13.8 Å². The van der Waals surface area contributed by atoms with E-state index in [1.165, 1.54) is 6.07 Å². The molecule has 0 aliphatic rings. The van der Waals surface area contributed by atoms with E-state index in [2.05, 4.69) is 5.32 Å². The van der Waals surface area contributed by atoms with Gasteiger partial charge < -0.3 is 5.32 Å². The van der Waals surface area contributed by atoms with Gasteiger partial charge in [-0.3, -0.25) is 4.79 Å². The molecule has 1 amide bonds. The number of carbonyl (C=O) groups excluding carboxylic acids is 1. The number of halogens is 2. The second kappa shape index (κ2) is 5.58. The van der Waals surface area contributed by atoms with Crippen molar-refractivity contribution in [1.82, 2.24) is 0 Å². The van der Waals surface area contributed by atoms with Crippen LogP contribution in [0.2, 0.25) is 0 Å². The molecule has 1 aromatic rings. The number of hydrogen-bond acceptors (Lipinski definition) is 1. The van der Waals surface area contributed by atoms with Gasteiger partial charge in [-0.15, -0.1) is 0 Å². The number of carbonyl (C=O) groups is 1. The average molecular weight is 227 g/mol. The largest absolute Gasteiger partial charge is 0.326 e. The van der Waals surface area contributed by atoms with Gasteiger partial charge in [0.25, 0.3) is 0 Å². The van der Waals surface area contributed by atoms with Crippen molar-refractivity contribution in [2.45, 2.75) is 26.7 Å². The maximum Gasteiger partial charge on any atom is 0.227 e. The molecule has 0 saturated carbocycles. The summed E-state index contributed by atoms with van der Waals surface area (Å²) in [6, 6.07) is 3.33. The Morgan fingerprint density at radius 1 is 1.25 bits per heavy atom. The van der Waals surface area contributed by atoms with Crippen molar-refractivity contribution in [1.29, 1.82) is 0 Å². The molecule has 0 radical (unpaired) electrons.